The molecule has 0 atom stereocenters. The number of amidine groups is 1. The van der Waals surface area contributed by atoms with E-state index in [1.54, 1.807) is 12.4 Å². The molecule has 0 spiro atoms. The fourth-order valence-electron chi connectivity index (χ4n) is 1.40. The van der Waals surface area contributed by atoms with Crippen molar-refractivity contribution in [3.8, 4) is 0 Å². The van der Waals surface area contributed by atoms with Crippen molar-refractivity contribution in [2.45, 2.75) is 13.3 Å². The van der Waals surface area contributed by atoms with E-state index in [9.17, 15) is 0 Å². The predicted molar refractivity (Wildman–Crippen MR) is 68.2 cm³/mol. The smallest absolute Gasteiger partial charge is 0.151 e. The number of hydrogen-bond donors (Lipinski definition) is 1. The second-order valence-corrected chi connectivity index (χ2v) is 3.58. The average Bonchev–Trinajstić information content (AvgIpc) is 2.40. The Balaban J connectivity index is 2.30. The first-order valence-electron chi connectivity index (χ1n) is 5.50. The second kappa shape index (κ2) is 5.21. The highest BCUT2D eigenvalue weighted by atomic mass is 14.9. The number of benzene rings is 1. The monoisotopic (exact) mass is 226 g/mol. The molecule has 0 bridgehead atoms. The summed E-state index contributed by atoms with van der Waals surface area (Å²) in [4.78, 5) is 12.8. The highest BCUT2D eigenvalue weighted by Crippen LogP contribution is 2.10. The van der Waals surface area contributed by atoms with Gasteiger partial charge in [0.1, 0.15) is 5.69 Å². The molecule has 17 heavy (non-hydrogen) atoms. The molecule has 0 saturated heterocycles. The molecule has 0 radical (unpaired) electrons. The summed E-state index contributed by atoms with van der Waals surface area (Å²) in [5.74, 6) is 0.388. The van der Waals surface area contributed by atoms with Crippen molar-refractivity contribution in [2.24, 2.45) is 10.7 Å². The van der Waals surface area contributed by atoms with Crippen LogP contribution in [0.5, 0.6) is 0 Å². The van der Waals surface area contributed by atoms with Crippen molar-refractivity contribution < 1.29 is 0 Å². The zero-order valence-corrected chi connectivity index (χ0v) is 9.67. The average molecular weight is 226 g/mol. The van der Waals surface area contributed by atoms with Crippen LogP contribution in [0.15, 0.2) is 47.7 Å². The van der Waals surface area contributed by atoms with Crippen molar-refractivity contribution in [3.63, 3.8) is 0 Å². The van der Waals surface area contributed by atoms with Gasteiger partial charge in [0.05, 0.1) is 17.6 Å². The lowest BCUT2D eigenvalue weighted by Crippen LogP contribution is -2.15. The third kappa shape index (κ3) is 2.87. The van der Waals surface area contributed by atoms with Gasteiger partial charge in [-0.1, -0.05) is 25.1 Å². The summed E-state index contributed by atoms with van der Waals surface area (Å²) >= 11 is 0. The van der Waals surface area contributed by atoms with Crippen LogP contribution < -0.4 is 5.73 Å². The fourth-order valence-corrected chi connectivity index (χ4v) is 1.40. The van der Waals surface area contributed by atoms with Crippen LogP contribution in [0.1, 0.15) is 18.3 Å². The first-order valence-corrected chi connectivity index (χ1v) is 5.50. The number of aliphatic imine (C=N–C) groups is 1. The van der Waals surface area contributed by atoms with Crippen LogP contribution in [-0.4, -0.2) is 15.8 Å². The van der Waals surface area contributed by atoms with E-state index in [2.05, 4.69) is 15.0 Å². The van der Waals surface area contributed by atoms with Gasteiger partial charge in [0.25, 0.3) is 0 Å². The lowest BCUT2D eigenvalue weighted by molar-refractivity contribution is 0.989. The summed E-state index contributed by atoms with van der Waals surface area (Å²) in [5.41, 5.74) is 8.24. The predicted octanol–water partition coefficient (Wildman–Crippen LogP) is 2.08. The summed E-state index contributed by atoms with van der Waals surface area (Å²) in [6.45, 7) is 2.03. The largest absolute Gasteiger partial charge is 0.382 e. The number of rotatable bonds is 3. The van der Waals surface area contributed by atoms with Gasteiger partial charge in [-0.05, 0) is 18.6 Å². The third-order valence-corrected chi connectivity index (χ3v) is 2.31. The third-order valence-electron chi connectivity index (χ3n) is 2.31. The van der Waals surface area contributed by atoms with Gasteiger partial charge in [0.2, 0.25) is 0 Å². The molecule has 2 N–H and O–H groups in total. The van der Waals surface area contributed by atoms with Crippen LogP contribution in [-0.2, 0) is 6.42 Å². The van der Waals surface area contributed by atoms with Crippen LogP contribution in [0.4, 0.5) is 5.69 Å². The van der Waals surface area contributed by atoms with Crippen molar-refractivity contribution in [2.75, 3.05) is 0 Å². The van der Waals surface area contributed by atoms with Gasteiger partial charge < -0.3 is 5.73 Å². The van der Waals surface area contributed by atoms with Crippen LogP contribution in [0.25, 0.3) is 0 Å². The number of hydrogen-bond acceptors (Lipinski definition) is 3. The molecule has 86 valence electrons. The Hall–Kier alpha value is -2.23. The van der Waals surface area contributed by atoms with Crippen molar-refractivity contribution in [1.29, 1.82) is 0 Å². The lowest BCUT2D eigenvalue weighted by atomic mass is 10.3. The normalized spacial score (nSPS) is 11.5. The molecule has 1 heterocycles. The number of para-hydroxylation sites is 1. The summed E-state index contributed by atoms with van der Waals surface area (Å²) in [7, 11) is 0. The van der Waals surface area contributed by atoms with E-state index in [0.717, 1.165) is 17.8 Å². The molecule has 4 heteroatoms. The summed E-state index contributed by atoms with van der Waals surface area (Å²) in [6.07, 6.45) is 4.19. The zero-order chi connectivity index (χ0) is 12.1. The van der Waals surface area contributed by atoms with Gasteiger partial charge in [-0.25, -0.2) is 9.98 Å². The van der Waals surface area contributed by atoms with Crippen molar-refractivity contribution in [1.82, 2.24) is 9.97 Å². The quantitative estimate of drug-likeness (QED) is 0.643. The van der Waals surface area contributed by atoms with E-state index in [0.29, 0.717) is 11.5 Å². The molecule has 0 unspecified atom stereocenters. The summed E-state index contributed by atoms with van der Waals surface area (Å²) in [6, 6.07) is 9.56. The Kier molecular flexibility index (Phi) is 3.45. The van der Waals surface area contributed by atoms with Gasteiger partial charge in [-0.2, -0.15) is 0 Å². The van der Waals surface area contributed by atoms with E-state index in [4.69, 9.17) is 5.73 Å². The Morgan fingerprint density at radius 2 is 2.00 bits per heavy atom. The molecule has 2 rings (SSSR count). The molecular weight excluding hydrogens is 212 g/mol. The van der Waals surface area contributed by atoms with Gasteiger partial charge in [-0.15, -0.1) is 0 Å². The zero-order valence-electron chi connectivity index (χ0n) is 9.67. The molecule has 2 aromatic rings. The first-order chi connectivity index (χ1) is 8.29. The minimum absolute atomic E-state index is 0.388. The van der Waals surface area contributed by atoms with Crippen LogP contribution in [0.2, 0.25) is 0 Å². The lowest BCUT2D eigenvalue weighted by Gasteiger charge is -2.01. The minimum Gasteiger partial charge on any atom is -0.382 e. The van der Waals surface area contributed by atoms with Gasteiger partial charge >= 0.3 is 0 Å². The fraction of sp³-hybridized carbons (Fsp3) is 0.154. The number of aryl methyl sites for hydroxylation is 1. The molecule has 0 amide bonds. The highest BCUT2D eigenvalue weighted by Gasteiger charge is 2.02. The van der Waals surface area contributed by atoms with E-state index < -0.39 is 0 Å². The number of aromatic nitrogens is 2. The maximum Gasteiger partial charge on any atom is 0.151 e. The maximum absolute atomic E-state index is 5.90. The Morgan fingerprint density at radius 1 is 1.24 bits per heavy atom. The number of nitrogens with zero attached hydrogens (tertiary/aromatic N) is 3. The van der Waals surface area contributed by atoms with E-state index >= 15 is 0 Å². The molecule has 0 fully saturated rings. The van der Waals surface area contributed by atoms with Gasteiger partial charge in [-0.3, -0.25) is 4.98 Å². The summed E-state index contributed by atoms with van der Waals surface area (Å²) in [5, 5.41) is 0. The molecule has 1 aromatic heterocycles. The van der Waals surface area contributed by atoms with Crippen molar-refractivity contribution >= 4 is 11.5 Å². The van der Waals surface area contributed by atoms with Gasteiger partial charge in [0.15, 0.2) is 5.84 Å². The first kappa shape index (κ1) is 11.3. The number of nitrogens with two attached hydrogens (primary N) is 1. The molecule has 0 aliphatic rings. The van der Waals surface area contributed by atoms with E-state index in [1.165, 1.54) is 0 Å². The van der Waals surface area contributed by atoms with Crippen LogP contribution in [0.3, 0.4) is 0 Å². The molecule has 4 nitrogen and oxygen atoms in total. The molecule has 0 saturated carbocycles. The van der Waals surface area contributed by atoms with Crippen LogP contribution >= 0.6 is 0 Å². The molecular formula is C13H14N4. The Labute approximate surface area is 100 Å². The Morgan fingerprint density at radius 3 is 2.71 bits per heavy atom. The highest BCUT2D eigenvalue weighted by molar-refractivity contribution is 5.97. The maximum atomic E-state index is 5.90. The minimum atomic E-state index is 0.388. The topological polar surface area (TPSA) is 64.2 Å². The van der Waals surface area contributed by atoms with Crippen LogP contribution in [0, 0.1) is 0 Å². The molecule has 0 aliphatic carbocycles. The van der Waals surface area contributed by atoms with Gasteiger partial charge in [0, 0.05) is 6.20 Å². The summed E-state index contributed by atoms with van der Waals surface area (Å²) < 4.78 is 0. The molecule has 1 aromatic carbocycles. The van der Waals surface area contributed by atoms with E-state index in [1.807, 2.05) is 37.3 Å². The second-order valence-electron chi connectivity index (χ2n) is 3.58. The van der Waals surface area contributed by atoms with Crippen molar-refractivity contribution in [3.05, 3.63) is 54.1 Å². The molecule has 0 aliphatic heterocycles. The standard InChI is InChI=1S/C13H14N4/c1-2-10-8-15-9-12(16-10)13(14)17-11-6-4-3-5-7-11/h3-9H,2H2,1H3,(H2,14,17). The Bertz CT molecular complexity index is 520. The SMILES string of the molecule is CCc1cncc(C(N)=Nc2ccccc2)n1. The van der Waals surface area contributed by atoms with E-state index in [-0.39, 0.29) is 0 Å².